The number of hydrogen-bond acceptors (Lipinski definition) is 6. The molecule has 0 unspecified atom stereocenters. The van der Waals surface area contributed by atoms with Crippen molar-refractivity contribution in [3.63, 3.8) is 0 Å². The first-order valence-corrected chi connectivity index (χ1v) is 10.0. The van der Waals surface area contributed by atoms with Crippen LogP contribution in [0.3, 0.4) is 0 Å². The van der Waals surface area contributed by atoms with E-state index in [1.54, 1.807) is 0 Å². The molecule has 154 valence electrons. The first-order valence-electron chi connectivity index (χ1n) is 10.0. The third-order valence-electron chi connectivity index (χ3n) is 4.53. The SMILES string of the molecule is CCC(CC)COCCOC(=O)CCC(=O)OCCOCC(CC)CC. The Labute approximate surface area is 158 Å². The number of carbonyl (C=O) groups is 2. The van der Waals surface area contributed by atoms with Crippen LogP contribution in [-0.2, 0) is 28.5 Å². The van der Waals surface area contributed by atoms with Crippen molar-refractivity contribution in [2.24, 2.45) is 11.8 Å². The number of ether oxygens (including phenoxy) is 4. The van der Waals surface area contributed by atoms with Gasteiger partial charge in [-0.05, 0) is 11.8 Å². The van der Waals surface area contributed by atoms with Gasteiger partial charge in [-0.3, -0.25) is 9.59 Å². The lowest BCUT2D eigenvalue weighted by Gasteiger charge is -2.13. The van der Waals surface area contributed by atoms with Gasteiger partial charge in [-0.1, -0.05) is 53.4 Å². The van der Waals surface area contributed by atoms with Gasteiger partial charge in [-0.2, -0.15) is 0 Å². The number of carbonyl (C=O) groups excluding carboxylic acids is 2. The molecule has 6 nitrogen and oxygen atoms in total. The van der Waals surface area contributed by atoms with E-state index < -0.39 is 11.9 Å². The minimum absolute atomic E-state index is 0.0278. The molecule has 0 aromatic rings. The Balaban J connectivity index is 3.54. The summed E-state index contributed by atoms with van der Waals surface area (Å²) in [6.07, 6.45) is 4.39. The second-order valence-corrected chi connectivity index (χ2v) is 6.46. The molecule has 0 saturated carbocycles. The molecule has 0 bridgehead atoms. The van der Waals surface area contributed by atoms with E-state index in [4.69, 9.17) is 18.9 Å². The Kier molecular flexibility index (Phi) is 16.5. The van der Waals surface area contributed by atoms with Crippen LogP contribution in [0.2, 0.25) is 0 Å². The lowest BCUT2D eigenvalue weighted by atomic mass is 10.1. The van der Waals surface area contributed by atoms with Crippen LogP contribution in [0.5, 0.6) is 0 Å². The van der Waals surface area contributed by atoms with Crippen molar-refractivity contribution in [3.8, 4) is 0 Å². The van der Waals surface area contributed by atoms with E-state index in [0.29, 0.717) is 38.3 Å². The fourth-order valence-corrected chi connectivity index (χ4v) is 2.33. The van der Waals surface area contributed by atoms with Crippen LogP contribution in [-0.4, -0.2) is 51.6 Å². The standard InChI is InChI=1S/C20H38O6/c1-5-17(6-2)15-23-11-13-25-19(21)9-10-20(22)26-14-12-24-16-18(7-3)8-4/h17-18H,5-16H2,1-4H3. The molecule has 0 aliphatic heterocycles. The highest BCUT2D eigenvalue weighted by Gasteiger charge is 2.10. The molecule has 0 fully saturated rings. The van der Waals surface area contributed by atoms with Crippen molar-refractivity contribution in [1.29, 1.82) is 0 Å². The smallest absolute Gasteiger partial charge is 0.306 e. The minimum Gasteiger partial charge on any atom is -0.463 e. The molecular weight excluding hydrogens is 336 g/mol. The molecule has 0 aliphatic rings. The van der Waals surface area contributed by atoms with Crippen molar-refractivity contribution >= 4 is 11.9 Å². The van der Waals surface area contributed by atoms with Gasteiger partial charge >= 0.3 is 11.9 Å². The van der Waals surface area contributed by atoms with Gasteiger partial charge in [0.15, 0.2) is 0 Å². The van der Waals surface area contributed by atoms with Crippen molar-refractivity contribution < 1.29 is 28.5 Å². The Morgan fingerprint density at radius 2 is 0.962 bits per heavy atom. The van der Waals surface area contributed by atoms with Gasteiger partial charge in [0.2, 0.25) is 0 Å². The van der Waals surface area contributed by atoms with Gasteiger partial charge in [0.25, 0.3) is 0 Å². The van der Waals surface area contributed by atoms with Gasteiger partial charge in [0.1, 0.15) is 13.2 Å². The molecule has 0 spiro atoms. The first-order chi connectivity index (χ1) is 12.6. The monoisotopic (exact) mass is 374 g/mol. The largest absolute Gasteiger partial charge is 0.463 e. The molecule has 0 atom stereocenters. The second-order valence-electron chi connectivity index (χ2n) is 6.46. The molecule has 6 heteroatoms. The highest BCUT2D eigenvalue weighted by molar-refractivity contribution is 5.77. The molecule has 0 aromatic heterocycles. The zero-order valence-electron chi connectivity index (χ0n) is 17.1. The van der Waals surface area contributed by atoms with E-state index in [-0.39, 0.29) is 26.1 Å². The third-order valence-corrected chi connectivity index (χ3v) is 4.53. The summed E-state index contributed by atoms with van der Waals surface area (Å²) in [6.45, 7) is 11.1. The predicted octanol–water partition coefficient (Wildman–Crippen LogP) is 3.76. The van der Waals surface area contributed by atoms with Crippen molar-refractivity contribution in [2.75, 3.05) is 39.6 Å². The molecular formula is C20H38O6. The maximum Gasteiger partial charge on any atom is 0.306 e. The van der Waals surface area contributed by atoms with Gasteiger partial charge in [-0.25, -0.2) is 0 Å². The van der Waals surface area contributed by atoms with E-state index in [0.717, 1.165) is 25.7 Å². The lowest BCUT2D eigenvalue weighted by molar-refractivity contribution is -0.152. The normalized spacial score (nSPS) is 11.2. The topological polar surface area (TPSA) is 71.1 Å². The Bertz CT molecular complexity index is 316. The lowest BCUT2D eigenvalue weighted by Crippen LogP contribution is -2.16. The zero-order chi connectivity index (χ0) is 19.6. The quantitative estimate of drug-likeness (QED) is 0.285. The fourth-order valence-electron chi connectivity index (χ4n) is 2.33. The van der Waals surface area contributed by atoms with Gasteiger partial charge in [0.05, 0.1) is 26.1 Å². The average Bonchev–Trinajstić information content (AvgIpc) is 2.66. The van der Waals surface area contributed by atoms with E-state index in [9.17, 15) is 9.59 Å². The summed E-state index contributed by atoms with van der Waals surface area (Å²) in [5, 5.41) is 0. The third kappa shape index (κ3) is 14.1. The summed E-state index contributed by atoms with van der Waals surface area (Å²) in [5.41, 5.74) is 0. The summed E-state index contributed by atoms with van der Waals surface area (Å²) in [7, 11) is 0. The Morgan fingerprint density at radius 1 is 0.615 bits per heavy atom. The predicted molar refractivity (Wildman–Crippen MR) is 101 cm³/mol. The van der Waals surface area contributed by atoms with Crippen LogP contribution >= 0.6 is 0 Å². The van der Waals surface area contributed by atoms with E-state index >= 15 is 0 Å². The Hall–Kier alpha value is -1.14. The maximum atomic E-state index is 11.6. The van der Waals surface area contributed by atoms with Gasteiger partial charge in [0, 0.05) is 13.2 Å². The number of hydrogen-bond donors (Lipinski definition) is 0. The molecule has 0 rings (SSSR count). The van der Waals surface area contributed by atoms with E-state index in [2.05, 4.69) is 27.7 Å². The van der Waals surface area contributed by atoms with Crippen molar-refractivity contribution in [2.45, 2.75) is 66.2 Å². The highest BCUT2D eigenvalue weighted by Crippen LogP contribution is 2.08. The van der Waals surface area contributed by atoms with Crippen LogP contribution in [0.4, 0.5) is 0 Å². The average molecular weight is 375 g/mol. The van der Waals surface area contributed by atoms with Gasteiger partial charge in [-0.15, -0.1) is 0 Å². The molecule has 26 heavy (non-hydrogen) atoms. The fraction of sp³-hybridized carbons (Fsp3) is 0.900. The van der Waals surface area contributed by atoms with Crippen LogP contribution in [0.1, 0.15) is 66.2 Å². The molecule has 0 N–H and O–H groups in total. The zero-order valence-corrected chi connectivity index (χ0v) is 17.1. The van der Waals surface area contributed by atoms with Crippen LogP contribution < -0.4 is 0 Å². The molecule has 0 radical (unpaired) electrons. The summed E-state index contributed by atoms with van der Waals surface area (Å²) < 4.78 is 21.0. The number of rotatable bonds is 17. The van der Waals surface area contributed by atoms with Crippen LogP contribution in [0, 0.1) is 11.8 Å². The molecule has 0 aliphatic carbocycles. The van der Waals surface area contributed by atoms with Crippen molar-refractivity contribution in [3.05, 3.63) is 0 Å². The Morgan fingerprint density at radius 3 is 1.27 bits per heavy atom. The molecule has 0 aromatic carbocycles. The molecule has 0 heterocycles. The van der Waals surface area contributed by atoms with E-state index in [1.807, 2.05) is 0 Å². The summed E-state index contributed by atoms with van der Waals surface area (Å²) in [5.74, 6) is 0.301. The number of esters is 2. The summed E-state index contributed by atoms with van der Waals surface area (Å²) in [6, 6.07) is 0. The molecule has 0 saturated heterocycles. The molecule has 0 amide bonds. The van der Waals surface area contributed by atoms with Gasteiger partial charge < -0.3 is 18.9 Å². The van der Waals surface area contributed by atoms with Crippen molar-refractivity contribution in [1.82, 2.24) is 0 Å². The van der Waals surface area contributed by atoms with Crippen LogP contribution in [0.15, 0.2) is 0 Å². The van der Waals surface area contributed by atoms with Crippen LogP contribution in [0.25, 0.3) is 0 Å². The van der Waals surface area contributed by atoms with E-state index in [1.165, 1.54) is 0 Å². The maximum absolute atomic E-state index is 11.6. The summed E-state index contributed by atoms with van der Waals surface area (Å²) in [4.78, 5) is 23.1. The minimum atomic E-state index is -0.405. The highest BCUT2D eigenvalue weighted by atomic mass is 16.6. The summed E-state index contributed by atoms with van der Waals surface area (Å²) >= 11 is 0. The first kappa shape index (κ1) is 24.9. The second kappa shape index (κ2) is 17.3.